The Morgan fingerprint density at radius 3 is 2.86 bits per heavy atom. The van der Waals surface area contributed by atoms with Crippen LogP contribution in [0.1, 0.15) is 6.92 Å². The molecule has 0 bridgehead atoms. The summed E-state index contributed by atoms with van der Waals surface area (Å²) in [5, 5.41) is 3.69. The van der Waals surface area contributed by atoms with Crippen molar-refractivity contribution in [3.05, 3.63) is 24.0 Å². The molecule has 0 radical (unpaired) electrons. The zero-order valence-electron chi connectivity index (χ0n) is 8.38. The Morgan fingerprint density at radius 1 is 1.57 bits per heavy atom. The first-order chi connectivity index (χ1) is 6.63. The van der Waals surface area contributed by atoms with Crippen LogP contribution < -0.4 is 11.1 Å². The molecule has 0 aliphatic rings. The highest BCUT2D eigenvalue weighted by Gasteiger charge is 2.02. The van der Waals surface area contributed by atoms with Gasteiger partial charge in [0.05, 0.1) is 11.4 Å². The lowest BCUT2D eigenvalue weighted by molar-refractivity contribution is 0.628. The minimum atomic E-state index is -0.300. The minimum Gasteiger partial charge on any atom is -0.397 e. The number of nitrogen functional groups attached to an aromatic ring is 1. The molecular formula is C10H15FN2S. The van der Waals surface area contributed by atoms with Gasteiger partial charge in [-0.15, -0.1) is 0 Å². The second-order valence-electron chi connectivity index (χ2n) is 3.16. The molecule has 14 heavy (non-hydrogen) atoms. The molecule has 1 aromatic carbocycles. The number of nitrogens with two attached hydrogens (primary N) is 1. The van der Waals surface area contributed by atoms with Crippen molar-refractivity contribution in [1.82, 2.24) is 0 Å². The Balaban J connectivity index is 2.59. The largest absolute Gasteiger partial charge is 0.397 e. The van der Waals surface area contributed by atoms with E-state index < -0.39 is 0 Å². The van der Waals surface area contributed by atoms with Crippen molar-refractivity contribution in [2.24, 2.45) is 0 Å². The highest BCUT2D eigenvalue weighted by Crippen LogP contribution is 2.19. The zero-order chi connectivity index (χ0) is 10.6. The van der Waals surface area contributed by atoms with Gasteiger partial charge >= 0.3 is 0 Å². The molecule has 1 unspecified atom stereocenters. The van der Waals surface area contributed by atoms with E-state index in [4.69, 9.17) is 5.73 Å². The third kappa shape index (κ3) is 3.10. The maximum atomic E-state index is 12.7. The minimum absolute atomic E-state index is 0.300. The molecule has 1 aromatic rings. The first-order valence-electron chi connectivity index (χ1n) is 4.45. The summed E-state index contributed by atoms with van der Waals surface area (Å²) in [6.45, 7) is 2.95. The molecule has 0 heterocycles. The van der Waals surface area contributed by atoms with Gasteiger partial charge in [-0.1, -0.05) is 6.92 Å². The summed E-state index contributed by atoms with van der Waals surface area (Å²) in [4.78, 5) is 0. The van der Waals surface area contributed by atoms with Crippen molar-refractivity contribution in [2.75, 3.05) is 23.9 Å². The van der Waals surface area contributed by atoms with Gasteiger partial charge in [0.25, 0.3) is 0 Å². The molecule has 0 saturated carbocycles. The quantitative estimate of drug-likeness (QED) is 0.756. The van der Waals surface area contributed by atoms with Crippen LogP contribution in [-0.2, 0) is 0 Å². The molecule has 0 aromatic heterocycles. The van der Waals surface area contributed by atoms with Gasteiger partial charge in [0.2, 0.25) is 0 Å². The monoisotopic (exact) mass is 214 g/mol. The van der Waals surface area contributed by atoms with Crippen molar-refractivity contribution >= 4 is 23.1 Å². The van der Waals surface area contributed by atoms with Crippen molar-refractivity contribution in [2.45, 2.75) is 12.2 Å². The molecule has 0 aliphatic heterocycles. The molecule has 0 saturated heterocycles. The summed E-state index contributed by atoms with van der Waals surface area (Å²) in [6, 6.07) is 4.40. The second-order valence-corrected chi connectivity index (χ2v) is 4.43. The van der Waals surface area contributed by atoms with Crippen LogP contribution in [-0.4, -0.2) is 18.1 Å². The van der Waals surface area contributed by atoms with E-state index in [0.29, 0.717) is 10.9 Å². The van der Waals surface area contributed by atoms with E-state index >= 15 is 0 Å². The van der Waals surface area contributed by atoms with Gasteiger partial charge in [-0.2, -0.15) is 11.8 Å². The average molecular weight is 214 g/mol. The van der Waals surface area contributed by atoms with E-state index in [-0.39, 0.29) is 5.82 Å². The first-order valence-corrected chi connectivity index (χ1v) is 5.74. The fourth-order valence-corrected chi connectivity index (χ4v) is 1.28. The van der Waals surface area contributed by atoms with Gasteiger partial charge in [-0.3, -0.25) is 0 Å². The van der Waals surface area contributed by atoms with E-state index in [1.165, 1.54) is 12.1 Å². The lowest BCUT2D eigenvalue weighted by Crippen LogP contribution is -2.13. The molecule has 3 N–H and O–H groups in total. The van der Waals surface area contributed by atoms with Gasteiger partial charge in [-0.25, -0.2) is 4.39 Å². The summed E-state index contributed by atoms with van der Waals surface area (Å²) >= 11 is 1.78. The normalized spacial score (nSPS) is 12.5. The van der Waals surface area contributed by atoms with Crippen molar-refractivity contribution in [3.63, 3.8) is 0 Å². The molecule has 0 amide bonds. The standard InChI is InChI=1S/C10H15FN2S/c1-7(14-2)6-13-10-4-3-8(11)5-9(10)12/h3-5,7,13H,6,12H2,1-2H3. The van der Waals surface area contributed by atoms with E-state index in [9.17, 15) is 4.39 Å². The Bertz CT molecular complexity index is 304. The number of thioether (sulfide) groups is 1. The van der Waals surface area contributed by atoms with Crippen molar-refractivity contribution < 1.29 is 4.39 Å². The molecular weight excluding hydrogens is 199 g/mol. The molecule has 78 valence electrons. The SMILES string of the molecule is CSC(C)CNc1ccc(F)cc1N. The molecule has 1 rings (SSSR count). The van der Waals surface area contributed by atoms with Gasteiger partial charge in [0.15, 0.2) is 0 Å². The van der Waals surface area contributed by atoms with E-state index in [2.05, 4.69) is 18.5 Å². The molecule has 0 fully saturated rings. The van der Waals surface area contributed by atoms with E-state index in [0.717, 1.165) is 12.2 Å². The van der Waals surface area contributed by atoms with Gasteiger partial charge in [-0.05, 0) is 24.5 Å². The molecule has 0 spiro atoms. The van der Waals surface area contributed by atoms with Gasteiger partial charge < -0.3 is 11.1 Å². The van der Waals surface area contributed by atoms with Crippen LogP contribution in [0, 0.1) is 5.82 Å². The van der Waals surface area contributed by atoms with Crippen LogP contribution in [0.2, 0.25) is 0 Å². The second kappa shape index (κ2) is 5.10. The third-order valence-electron chi connectivity index (χ3n) is 2.00. The summed E-state index contributed by atoms with van der Waals surface area (Å²) in [5.41, 5.74) is 6.89. The fraction of sp³-hybridized carbons (Fsp3) is 0.400. The Hall–Kier alpha value is -0.900. The topological polar surface area (TPSA) is 38.0 Å². The van der Waals surface area contributed by atoms with Crippen molar-refractivity contribution in [3.8, 4) is 0 Å². The summed E-state index contributed by atoms with van der Waals surface area (Å²) in [6.07, 6.45) is 2.06. The fourth-order valence-electron chi connectivity index (χ4n) is 1.03. The Kier molecular flexibility index (Phi) is 4.07. The van der Waals surface area contributed by atoms with Crippen LogP contribution in [0.25, 0.3) is 0 Å². The lowest BCUT2D eigenvalue weighted by Gasteiger charge is -2.12. The maximum Gasteiger partial charge on any atom is 0.125 e. The number of nitrogens with one attached hydrogen (secondary N) is 1. The smallest absolute Gasteiger partial charge is 0.125 e. The Morgan fingerprint density at radius 2 is 2.29 bits per heavy atom. The zero-order valence-corrected chi connectivity index (χ0v) is 9.20. The number of anilines is 2. The third-order valence-corrected chi connectivity index (χ3v) is 2.97. The van der Waals surface area contributed by atoms with Gasteiger partial charge in [0, 0.05) is 11.8 Å². The molecule has 1 atom stereocenters. The average Bonchev–Trinajstić information content (AvgIpc) is 2.16. The van der Waals surface area contributed by atoms with Crippen LogP contribution in [0.3, 0.4) is 0 Å². The molecule has 4 heteroatoms. The summed E-state index contributed by atoms with van der Waals surface area (Å²) < 4.78 is 12.7. The number of benzene rings is 1. The maximum absolute atomic E-state index is 12.7. The van der Waals surface area contributed by atoms with E-state index in [1.54, 1.807) is 17.8 Å². The van der Waals surface area contributed by atoms with Crippen LogP contribution in [0.5, 0.6) is 0 Å². The lowest BCUT2D eigenvalue weighted by atomic mass is 10.2. The van der Waals surface area contributed by atoms with Crippen LogP contribution in [0.15, 0.2) is 18.2 Å². The van der Waals surface area contributed by atoms with Crippen LogP contribution >= 0.6 is 11.8 Å². The van der Waals surface area contributed by atoms with Crippen LogP contribution in [0.4, 0.5) is 15.8 Å². The predicted octanol–water partition coefficient (Wildman–Crippen LogP) is 2.57. The number of halogens is 1. The predicted molar refractivity (Wildman–Crippen MR) is 62.3 cm³/mol. The summed E-state index contributed by atoms with van der Waals surface area (Å²) in [5.74, 6) is -0.300. The molecule has 0 aliphatic carbocycles. The highest BCUT2D eigenvalue weighted by atomic mass is 32.2. The first kappa shape index (κ1) is 11.2. The number of rotatable bonds is 4. The molecule has 2 nitrogen and oxygen atoms in total. The number of hydrogen-bond donors (Lipinski definition) is 2. The Labute approximate surface area is 88.1 Å². The van der Waals surface area contributed by atoms with Gasteiger partial charge in [0.1, 0.15) is 5.82 Å². The summed E-state index contributed by atoms with van der Waals surface area (Å²) in [7, 11) is 0. The number of hydrogen-bond acceptors (Lipinski definition) is 3. The highest BCUT2D eigenvalue weighted by molar-refractivity contribution is 7.99. The van der Waals surface area contributed by atoms with E-state index in [1.807, 2.05) is 0 Å². The van der Waals surface area contributed by atoms with Crippen molar-refractivity contribution in [1.29, 1.82) is 0 Å².